The van der Waals surface area contributed by atoms with Crippen molar-refractivity contribution in [3.8, 4) is 6.07 Å². The third-order valence-corrected chi connectivity index (χ3v) is 6.00. The molecule has 0 spiro atoms. The van der Waals surface area contributed by atoms with Gasteiger partial charge >= 0.3 is 12.2 Å². The van der Waals surface area contributed by atoms with Crippen molar-refractivity contribution in [3.05, 3.63) is 76.0 Å². The second-order valence-electron chi connectivity index (χ2n) is 7.96. The summed E-state index contributed by atoms with van der Waals surface area (Å²) in [6.07, 6.45) is -4.34. The molecule has 0 saturated heterocycles. The van der Waals surface area contributed by atoms with Crippen LogP contribution >= 0.6 is 0 Å². The van der Waals surface area contributed by atoms with E-state index in [-0.39, 0.29) is 41.0 Å². The zero-order valence-electron chi connectivity index (χ0n) is 18.2. The molecule has 1 aliphatic carbocycles. The molecule has 4 rings (SSSR count). The van der Waals surface area contributed by atoms with Crippen LogP contribution in [0.4, 0.5) is 23.7 Å². The van der Waals surface area contributed by atoms with Crippen LogP contribution in [0.15, 0.2) is 53.7 Å². The van der Waals surface area contributed by atoms with E-state index >= 15 is 0 Å². The highest BCUT2D eigenvalue weighted by Crippen LogP contribution is 2.45. The molecule has 0 radical (unpaired) electrons. The van der Waals surface area contributed by atoms with E-state index in [1.807, 2.05) is 6.07 Å². The Hall–Kier alpha value is -4.13. The van der Waals surface area contributed by atoms with Gasteiger partial charge in [-0.1, -0.05) is 12.1 Å². The molecule has 0 saturated carbocycles. The summed E-state index contributed by atoms with van der Waals surface area (Å²) >= 11 is 0. The Bertz CT molecular complexity index is 1290. The zero-order valence-corrected chi connectivity index (χ0v) is 18.2. The van der Waals surface area contributed by atoms with Crippen LogP contribution in [0.2, 0.25) is 0 Å². The number of hydrogen-bond donors (Lipinski definition) is 1. The predicted molar refractivity (Wildman–Crippen MR) is 116 cm³/mol. The van der Waals surface area contributed by atoms with Gasteiger partial charge in [0.1, 0.15) is 0 Å². The first-order valence-corrected chi connectivity index (χ1v) is 10.3. The number of nitrogens with zero attached hydrogens (tertiary/aromatic N) is 3. The van der Waals surface area contributed by atoms with Gasteiger partial charge in [0.05, 0.1) is 28.9 Å². The molecule has 1 N–H and O–H groups in total. The van der Waals surface area contributed by atoms with E-state index in [1.165, 1.54) is 49.3 Å². The van der Waals surface area contributed by atoms with Gasteiger partial charge in [0.25, 0.3) is 5.91 Å². The second-order valence-corrected chi connectivity index (χ2v) is 7.96. The third kappa shape index (κ3) is 3.69. The minimum atomic E-state index is -4.60. The summed E-state index contributed by atoms with van der Waals surface area (Å²) in [6, 6.07) is 9.15. The first kappa shape index (κ1) is 23.0. The second kappa shape index (κ2) is 8.33. The lowest BCUT2D eigenvalue weighted by molar-refractivity contribution is -0.137. The van der Waals surface area contributed by atoms with Crippen LogP contribution in [0.5, 0.6) is 0 Å². The number of ketones is 1. The van der Waals surface area contributed by atoms with Gasteiger partial charge in [0, 0.05) is 37.3 Å². The normalized spacial score (nSPS) is 18.2. The summed E-state index contributed by atoms with van der Waals surface area (Å²) in [4.78, 5) is 41.4. The molecule has 2 aliphatic rings. The Balaban J connectivity index is 1.92. The van der Waals surface area contributed by atoms with E-state index in [9.17, 15) is 32.8 Å². The summed E-state index contributed by atoms with van der Waals surface area (Å²) < 4.78 is 39.9. The maximum Gasteiger partial charge on any atom is 0.416 e. The maximum atomic E-state index is 13.5. The first-order chi connectivity index (χ1) is 16.1. The molecule has 0 bridgehead atoms. The number of nitriles is 1. The number of anilines is 1. The van der Waals surface area contributed by atoms with Crippen molar-refractivity contribution in [1.29, 1.82) is 5.26 Å². The Kier molecular flexibility index (Phi) is 5.65. The lowest BCUT2D eigenvalue weighted by Gasteiger charge is -2.41. The number of Topliss-reactive ketones (excluding diaryl/α,β-unsaturated/α-hetero) is 1. The molecule has 34 heavy (non-hydrogen) atoms. The SMILES string of the molecule is CNC(=O)c1cc(C#N)ccc1[C@@H]1C2=C(CCC2=O)N(c2cccc(C(F)(F)F)c2)C(=O)N1C. The number of allylic oxidation sites excluding steroid dienone is 1. The van der Waals surface area contributed by atoms with E-state index in [0.717, 1.165) is 17.0 Å². The van der Waals surface area contributed by atoms with Gasteiger partial charge in [-0.2, -0.15) is 18.4 Å². The van der Waals surface area contributed by atoms with Crippen molar-refractivity contribution in [2.75, 3.05) is 19.0 Å². The van der Waals surface area contributed by atoms with Gasteiger partial charge < -0.3 is 10.2 Å². The summed E-state index contributed by atoms with van der Waals surface area (Å²) in [5.41, 5.74) is 0.344. The monoisotopic (exact) mass is 468 g/mol. The summed E-state index contributed by atoms with van der Waals surface area (Å²) in [7, 11) is 2.84. The van der Waals surface area contributed by atoms with Gasteiger partial charge in [-0.15, -0.1) is 0 Å². The number of benzene rings is 2. The largest absolute Gasteiger partial charge is 0.416 e. The molecule has 1 atom stereocenters. The number of carbonyl (C=O) groups is 3. The summed E-state index contributed by atoms with van der Waals surface area (Å²) in [5, 5.41) is 11.7. The molecule has 1 aliphatic heterocycles. The highest BCUT2D eigenvalue weighted by Gasteiger charge is 2.45. The molecular weight excluding hydrogens is 449 g/mol. The molecule has 174 valence electrons. The number of rotatable bonds is 3. The van der Waals surface area contributed by atoms with Crippen LogP contribution in [0, 0.1) is 11.3 Å². The molecule has 2 aromatic rings. The number of halogens is 3. The fourth-order valence-electron chi connectivity index (χ4n) is 4.43. The van der Waals surface area contributed by atoms with Crippen molar-refractivity contribution in [3.63, 3.8) is 0 Å². The van der Waals surface area contributed by atoms with Gasteiger partial charge in [-0.3, -0.25) is 14.5 Å². The van der Waals surface area contributed by atoms with Crippen molar-refractivity contribution in [2.24, 2.45) is 0 Å². The highest BCUT2D eigenvalue weighted by molar-refractivity contribution is 6.09. The minimum absolute atomic E-state index is 0.00122. The van der Waals surface area contributed by atoms with Crippen molar-refractivity contribution in [1.82, 2.24) is 10.2 Å². The van der Waals surface area contributed by atoms with E-state index in [1.54, 1.807) is 0 Å². The molecule has 0 aromatic heterocycles. The smallest absolute Gasteiger partial charge is 0.355 e. The van der Waals surface area contributed by atoms with Crippen LogP contribution in [-0.4, -0.2) is 36.7 Å². The van der Waals surface area contributed by atoms with Gasteiger partial charge in [-0.25, -0.2) is 4.79 Å². The van der Waals surface area contributed by atoms with Gasteiger partial charge in [-0.05, 0) is 42.3 Å². The Morgan fingerprint density at radius 3 is 2.53 bits per heavy atom. The van der Waals surface area contributed by atoms with Gasteiger partial charge in [0.15, 0.2) is 5.78 Å². The predicted octanol–water partition coefficient (Wildman–Crippen LogP) is 4.17. The number of alkyl halides is 3. The van der Waals surface area contributed by atoms with E-state index in [0.29, 0.717) is 11.3 Å². The number of urea groups is 1. The van der Waals surface area contributed by atoms with E-state index in [4.69, 9.17) is 0 Å². The molecule has 1 heterocycles. The van der Waals surface area contributed by atoms with Crippen LogP contribution in [0.1, 0.15) is 45.9 Å². The molecule has 0 unspecified atom stereocenters. The average Bonchev–Trinajstić information content (AvgIpc) is 3.19. The van der Waals surface area contributed by atoms with Crippen LogP contribution in [0.25, 0.3) is 0 Å². The molecule has 0 fully saturated rings. The molecule has 3 amide bonds. The highest BCUT2D eigenvalue weighted by atomic mass is 19.4. The van der Waals surface area contributed by atoms with E-state index in [2.05, 4.69) is 5.32 Å². The zero-order chi connectivity index (χ0) is 24.8. The first-order valence-electron chi connectivity index (χ1n) is 10.3. The molecule has 10 heteroatoms. The fraction of sp³-hybridized carbons (Fsp3) is 0.250. The molecular formula is C24H19F3N4O3. The number of amides is 3. The minimum Gasteiger partial charge on any atom is -0.355 e. The lowest BCUT2D eigenvalue weighted by Crippen LogP contribution is -2.48. The van der Waals surface area contributed by atoms with E-state index < -0.39 is 29.7 Å². The van der Waals surface area contributed by atoms with Gasteiger partial charge in [0.2, 0.25) is 0 Å². The Labute approximate surface area is 193 Å². The van der Waals surface area contributed by atoms with Crippen LogP contribution < -0.4 is 10.2 Å². The topological polar surface area (TPSA) is 93.5 Å². The number of carbonyl (C=O) groups excluding carboxylic acids is 3. The average molecular weight is 468 g/mol. The third-order valence-electron chi connectivity index (χ3n) is 6.00. The number of likely N-dealkylation sites (N-methyl/N-ethyl adjacent to an activating group) is 1. The summed E-state index contributed by atoms with van der Waals surface area (Å²) in [6.45, 7) is 0. The molecule has 2 aromatic carbocycles. The fourth-order valence-corrected chi connectivity index (χ4v) is 4.43. The summed E-state index contributed by atoms with van der Waals surface area (Å²) in [5.74, 6) is -0.760. The van der Waals surface area contributed by atoms with Crippen LogP contribution in [0.3, 0.4) is 0 Å². The van der Waals surface area contributed by atoms with Crippen molar-refractivity contribution < 1.29 is 27.6 Å². The number of hydrogen-bond acceptors (Lipinski definition) is 4. The Morgan fingerprint density at radius 1 is 1.15 bits per heavy atom. The quantitative estimate of drug-likeness (QED) is 0.732. The van der Waals surface area contributed by atoms with Crippen molar-refractivity contribution in [2.45, 2.75) is 25.1 Å². The standard InChI is InChI=1S/C24H19F3N4O3/c1-29-22(33)17-10-13(12-28)6-7-16(17)21-20-18(8-9-19(20)32)31(23(34)30(21)2)15-5-3-4-14(11-15)24(25,26)27/h3-7,10-11,21H,8-9H2,1-2H3,(H,29,33)/t21-/m1/s1. The van der Waals surface area contributed by atoms with Crippen LogP contribution in [-0.2, 0) is 11.0 Å². The Morgan fingerprint density at radius 2 is 1.88 bits per heavy atom. The van der Waals surface area contributed by atoms with Crippen molar-refractivity contribution >= 4 is 23.4 Å². The molecule has 7 nitrogen and oxygen atoms in total. The number of nitrogens with one attached hydrogen (secondary N) is 1. The maximum absolute atomic E-state index is 13.5. The lowest BCUT2D eigenvalue weighted by atomic mass is 9.89.